The second-order valence-electron chi connectivity index (χ2n) is 6.40. The average molecular weight is 341 g/mol. The molecule has 0 radical (unpaired) electrons. The number of methoxy groups -OCH3 is 1. The van der Waals surface area contributed by atoms with Crippen LogP contribution in [0.4, 0.5) is 0 Å². The highest BCUT2D eigenvalue weighted by Crippen LogP contribution is 2.20. The van der Waals surface area contributed by atoms with E-state index in [-0.39, 0.29) is 11.2 Å². The Morgan fingerprint density at radius 1 is 1.28 bits per heavy atom. The second-order valence-corrected chi connectivity index (χ2v) is 6.40. The molecule has 0 unspecified atom stereocenters. The van der Waals surface area contributed by atoms with Crippen LogP contribution in [0.3, 0.4) is 0 Å². The zero-order chi connectivity index (χ0) is 18.9. The van der Waals surface area contributed by atoms with E-state index in [1.54, 1.807) is 19.4 Å². The Morgan fingerprint density at radius 2 is 1.96 bits per heavy atom. The molecule has 0 aromatic heterocycles. The fourth-order valence-electron chi connectivity index (χ4n) is 2.03. The number of rotatable bonds is 7. The van der Waals surface area contributed by atoms with Gasteiger partial charge in [0.1, 0.15) is 11.4 Å². The van der Waals surface area contributed by atoms with Crippen molar-refractivity contribution in [2.24, 2.45) is 15.7 Å². The van der Waals surface area contributed by atoms with E-state index in [1.807, 2.05) is 52.0 Å². The van der Waals surface area contributed by atoms with Crippen LogP contribution in [-0.4, -0.2) is 30.9 Å². The molecule has 0 aliphatic heterocycles. The van der Waals surface area contributed by atoms with Crippen LogP contribution in [-0.2, 0) is 4.79 Å². The molecule has 1 aromatic carbocycles. The summed E-state index contributed by atoms with van der Waals surface area (Å²) in [5, 5.41) is 0. The van der Waals surface area contributed by atoms with Crippen molar-refractivity contribution >= 4 is 18.2 Å². The Kier molecular flexibility index (Phi) is 7.79. The lowest BCUT2D eigenvalue weighted by Crippen LogP contribution is -2.10. The van der Waals surface area contributed by atoms with Crippen molar-refractivity contribution in [3.63, 3.8) is 0 Å². The monoisotopic (exact) mass is 341 g/mol. The first-order valence-corrected chi connectivity index (χ1v) is 8.19. The zero-order valence-corrected chi connectivity index (χ0v) is 15.6. The van der Waals surface area contributed by atoms with Crippen LogP contribution >= 0.6 is 0 Å². The van der Waals surface area contributed by atoms with Crippen molar-refractivity contribution in [2.75, 3.05) is 7.11 Å². The number of benzene rings is 1. The maximum atomic E-state index is 11.5. The summed E-state index contributed by atoms with van der Waals surface area (Å²) < 4.78 is 5.38. The van der Waals surface area contributed by atoms with Crippen molar-refractivity contribution < 1.29 is 9.53 Å². The first kappa shape index (κ1) is 20.4. The van der Waals surface area contributed by atoms with Gasteiger partial charge in [-0.1, -0.05) is 19.1 Å². The number of hydrogen-bond acceptors (Lipinski definition) is 5. The maximum Gasteiger partial charge on any atom is 0.168 e. The first-order valence-electron chi connectivity index (χ1n) is 8.19. The molecule has 0 saturated heterocycles. The molecule has 134 valence electrons. The van der Waals surface area contributed by atoms with Gasteiger partial charge in [0, 0.05) is 23.6 Å². The molecular weight excluding hydrogens is 314 g/mol. The highest BCUT2D eigenvalue weighted by atomic mass is 16.5. The average Bonchev–Trinajstić information content (AvgIpc) is 2.60. The van der Waals surface area contributed by atoms with Crippen molar-refractivity contribution in [3.8, 4) is 5.75 Å². The lowest BCUT2D eigenvalue weighted by molar-refractivity contribution is -0.104. The summed E-state index contributed by atoms with van der Waals surface area (Å²) in [6.45, 7) is 7.93. The van der Waals surface area contributed by atoms with Crippen molar-refractivity contribution in [2.45, 2.75) is 39.7 Å². The van der Waals surface area contributed by atoms with Crippen molar-refractivity contribution in [1.82, 2.24) is 0 Å². The van der Waals surface area contributed by atoms with E-state index in [1.165, 1.54) is 6.20 Å². The highest BCUT2D eigenvalue weighted by molar-refractivity contribution is 6.04. The van der Waals surface area contributed by atoms with E-state index in [0.717, 1.165) is 17.0 Å². The van der Waals surface area contributed by atoms with E-state index < -0.39 is 0 Å². The summed E-state index contributed by atoms with van der Waals surface area (Å²) in [5.74, 6) is 0.720. The molecule has 0 atom stereocenters. The maximum absolute atomic E-state index is 11.5. The Hall–Kier alpha value is -2.69. The van der Waals surface area contributed by atoms with Crippen molar-refractivity contribution in [3.05, 3.63) is 53.4 Å². The van der Waals surface area contributed by atoms with E-state index in [9.17, 15) is 4.79 Å². The van der Waals surface area contributed by atoms with Gasteiger partial charge in [0.15, 0.2) is 6.29 Å². The summed E-state index contributed by atoms with van der Waals surface area (Å²) in [6, 6.07) is 7.59. The van der Waals surface area contributed by atoms with Gasteiger partial charge in [-0.15, -0.1) is 0 Å². The molecule has 0 fully saturated rings. The molecular formula is C20H27N3O2. The molecule has 0 spiro atoms. The molecule has 2 N–H and O–H groups in total. The normalized spacial score (nSPS) is 14.0. The molecule has 0 heterocycles. The minimum Gasteiger partial charge on any atom is -0.496 e. The number of nitrogens with two attached hydrogens (primary N) is 1. The minimum absolute atomic E-state index is 0.224. The number of nitrogens with zero attached hydrogens (tertiary/aromatic N) is 2. The van der Waals surface area contributed by atoms with Crippen molar-refractivity contribution in [1.29, 1.82) is 0 Å². The number of allylic oxidation sites excluding steroid dienone is 3. The quantitative estimate of drug-likeness (QED) is 0.356. The summed E-state index contributed by atoms with van der Waals surface area (Å²) in [5.41, 5.74) is 7.95. The third-order valence-electron chi connectivity index (χ3n) is 3.25. The van der Waals surface area contributed by atoms with Gasteiger partial charge in [0.2, 0.25) is 0 Å². The number of ether oxygens (including phenoxy) is 1. The van der Waals surface area contributed by atoms with Gasteiger partial charge >= 0.3 is 0 Å². The molecule has 5 heteroatoms. The summed E-state index contributed by atoms with van der Waals surface area (Å²) in [4.78, 5) is 20.4. The van der Waals surface area contributed by atoms with Crippen LogP contribution in [0.1, 0.15) is 39.7 Å². The molecule has 0 aliphatic carbocycles. The Morgan fingerprint density at radius 3 is 2.48 bits per heavy atom. The standard InChI is InChI=1S/C20H27N3O2/c1-6-18(17-9-7-8-10-19(17)25-5)23-16(14-24)11-15(12-21)13-22-20(2,3)4/h7-14H,6,21H2,1-5H3/b15-12?,16-11-,22-13?,23-18?. The zero-order valence-electron chi connectivity index (χ0n) is 15.6. The molecule has 0 aliphatic rings. The number of aldehydes is 1. The van der Waals surface area contributed by atoms with Gasteiger partial charge in [-0.25, -0.2) is 4.99 Å². The van der Waals surface area contributed by atoms with E-state index in [2.05, 4.69) is 9.98 Å². The Labute approximate surface area is 150 Å². The van der Waals surface area contributed by atoms with Crippen LogP contribution in [0.2, 0.25) is 0 Å². The van der Waals surface area contributed by atoms with Gasteiger partial charge in [-0.3, -0.25) is 9.79 Å². The molecule has 0 amide bonds. The topological polar surface area (TPSA) is 77.0 Å². The first-order chi connectivity index (χ1) is 11.8. The predicted octanol–water partition coefficient (Wildman–Crippen LogP) is 3.69. The van der Waals surface area contributed by atoms with Crippen LogP contribution in [0.15, 0.2) is 57.8 Å². The fraction of sp³-hybridized carbons (Fsp3) is 0.350. The molecule has 1 rings (SSSR count). The Balaban J connectivity index is 3.26. The smallest absolute Gasteiger partial charge is 0.168 e. The number of carbonyl (C=O) groups is 1. The third-order valence-corrected chi connectivity index (χ3v) is 3.25. The van der Waals surface area contributed by atoms with Crippen LogP contribution in [0.25, 0.3) is 0 Å². The highest BCUT2D eigenvalue weighted by Gasteiger charge is 2.09. The van der Waals surface area contributed by atoms with Gasteiger partial charge in [-0.2, -0.15) is 0 Å². The number of aliphatic imine (C=N–C) groups is 2. The summed E-state index contributed by atoms with van der Waals surface area (Å²) in [7, 11) is 1.61. The lowest BCUT2D eigenvalue weighted by atomic mass is 10.1. The third kappa shape index (κ3) is 6.75. The lowest BCUT2D eigenvalue weighted by Gasteiger charge is -2.11. The fourth-order valence-corrected chi connectivity index (χ4v) is 2.03. The van der Waals surface area contributed by atoms with Gasteiger partial charge in [0.05, 0.1) is 18.4 Å². The number of para-hydroxylation sites is 1. The van der Waals surface area contributed by atoms with E-state index >= 15 is 0 Å². The minimum atomic E-state index is -0.224. The van der Waals surface area contributed by atoms with Crippen LogP contribution in [0.5, 0.6) is 5.75 Å². The molecule has 0 saturated carbocycles. The van der Waals surface area contributed by atoms with E-state index in [0.29, 0.717) is 18.3 Å². The Bertz CT molecular complexity index is 708. The molecule has 5 nitrogen and oxygen atoms in total. The number of carbonyl (C=O) groups excluding carboxylic acids is 1. The summed E-state index contributed by atoms with van der Waals surface area (Å²) >= 11 is 0. The molecule has 1 aromatic rings. The van der Waals surface area contributed by atoms with Crippen LogP contribution < -0.4 is 10.5 Å². The molecule has 25 heavy (non-hydrogen) atoms. The largest absolute Gasteiger partial charge is 0.496 e. The van der Waals surface area contributed by atoms with Gasteiger partial charge in [-0.05, 0) is 45.4 Å². The second kappa shape index (κ2) is 9.57. The number of hydrogen-bond donors (Lipinski definition) is 1. The van der Waals surface area contributed by atoms with Gasteiger partial charge < -0.3 is 10.5 Å². The van der Waals surface area contributed by atoms with Crippen LogP contribution in [0, 0.1) is 0 Å². The molecule has 0 bridgehead atoms. The van der Waals surface area contributed by atoms with E-state index in [4.69, 9.17) is 10.5 Å². The SMILES string of the molecule is CCC(=N/C(C=O)=C\C(C=NC(C)(C)C)=CN)c1ccccc1OC. The summed E-state index contributed by atoms with van der Waals surface area (Å²) in [6.07, 6.45) is 6.03. The predicted molar refractivity (Wildman–Crippen MR) is 104 cm³/mol. The van der Waals surface area contributed by atoms with Gasteiger partial charge in [0.25, 0.3) is 0 Å².